The monoisotopic (exact) mass is 325 g/mol. The molecule has 2 aliphatic rings. The SMILES string of the molecule is Cn1nnnc1SCCNC(=O)[C@@H]1CC(=O)OC12CCCC2. The Hall–Kier alpha value is -1.64. The Bertz CT molecular complexity index is 570. The lowest BCUT2D eigenvalue weighted by Crippen LogP contribution is -2.43. The van der Waals surface area contributed by atoms with Crippen molar-refractivity contribution < 1.29 is 14.3 Å². The molecule has 1 amide bonds. The summed E-state index contributed by atoms with van der Waals surface area (Å²) >= 11 is 1.48. The number of hydrogen-bond acceptors (Lipinski definition) is 7. The Morgan fingerprint density at radius 2 is 2.27 bits per heavy atom. The van der Waals surface area contributed by atoms with Gasteiger partial charge in [-0.1, -0.05) is 11.8 Å². The van der Waals surface area contributed by atoms with Crippen LogP contribution < -0.4 is 5.32 Å². The van der Waals surface area contributed by atoms with Gasteiger partial charge in [-0.15, -0.1) is 5.10 Å². The summed E-state index contributed by atoms with van der Waals surface area (Å²) in [4.78, 5) is 24.0. The van der Waals surface area contributed by atoms with Gasteiger partial charge in [0.2, 0.25) is 11.1 Å². The van der Waals surface area contributed by atoms with Crippen LogP contribution in [0.1, 0.15) is 32.1 Å². The van der Waals surface area contributed by atoms with E-state index in [2.05, 4.69) is 20.8 Å². The molecule has 0 aromatic carbocycles. The van der Waals surface area contributed by atoms with Crippen molar-refractivity contribution in [2.75, 3.05) is 12.3 Å². The van der Waals surface area contributed by atoms with Gasteiger partial charge in [-0.05, 0) is 36.1 Å². The van der Waals surface area contributed by atoms with Gasteiger partial charge in [0.1, 0.15) is 5.60 Å². The number of hydrogen-bond donors (Lipinski definition) is 1. The Morgan fingerprint density at radius 1 is 1.50 bits per heavy atom. The summed E-state index contributed by atoms with van der Waals surface area (Å²) in [7, 11) is 1.77. The molecule has 2 fully saturated rings. The van der Waals surface area contributed by atoms with Crippen LogP contribution in [0.5, 0.6) is 0 Å². The highest BCUT2D eigenvalue weighted by molar-refractivity contribution is 7.99. The van der Waals surface area contributed by atoms with E-state index in [4.69, 9.17) is 4.74 Å². The number of carbonyl (C=O) groups excluding carboxylic acids is 2. The minimum Gasteiger partial charge on any atom is -0.458 e. The van der Waals surface area contributed by atoms with Crippen LogP contribution in [0.3, 0.4) is 0 Å². The van der Waals surface area contributed by atoms with E-state index in [0.717, 1.165) is 25.7 Å². The van der Waals surface area contributed by atoms with Crippen molar-refractivity contribution >= 4 is 23.6 Å². The molecule has 8 nitrogen and oxygen atoms in total. The maximum Gasteiger partial charge on any atom is 0.307 e. The van der Waals surface area contributed by atoms with Gasteiger partial charge in [0.25, 0.3) is 0 Å². The number of nitrogens with zero attached hydrogens (tertiary/aromatic N) is 4. The van der Waals surface area contributed by atoms with Gasteiger partial charge in [0.15, 0.2) is 0 Å². The highest BCUT2D eigenvalue weighted by atomic mass is 32.2. The van der Waals surface area contributed by atoms with Crippen molar-refractivity contribution in [3.8, 4) is 0 Å². The topological polar surface area (TPSA) is 99.0 Å². The molecule has 1 aromatic heterocycles. The first-order valence-corrected chi connectivity index (χ1v) is 8.44. The smallest absolute Gasteiger partial charge is 0.307 e. The number of tetrazole rings is 1. The van der Waals surface area contributed by atoms with Crippen LogP contribution >= 0.6 is 11.8 Å². The number of carbonyl (C=O) groups is 2. The number of rotatable bonds is 5. The van der Waals surface area contributed by atoms with E-state index in [1.165, 1.54) is 11.8 Å². The van der Waals surface area contributed by atoms with Crippen molar-refractivity contribution in [2.45, 2.75) is 42.9 Å². The second kappa shape index (κ2) is 6.23. The number of ether oxygens (including phenoxy) is 1. The van der Waals surface area contributed by atoms with E-state index in [1.54, 1.807) is 11.7 Å². The number of amides is 1. The third-order valence-corrected chi connectivity index (χ3v) is 5.32. The molecule has 1 spiro atoms. The summed E-state index contributed by atoms with van der Waals surface area (Å²) in [5.74, 6) is 0.00380. The fourth-order valence-corrected chi connectivity index (χ4v) is 3.94. The number of esters is 1. The summed E-state index contributed by atoms with van der Waals surface area (Å²) in [6, 6.07) is 0. The minimum atomic E-state index is -0.540. The fourth-order valence-electron chi connectivity index (χ4n) is 3.23. The molecule has 1 aliphatic carbocycles. The molecule has 1 saturated heterocycles. The van der Waals surface area contributed by atoms with Crippen molar-refractivity contribution in [3.05, 3.63) is 0 Å². The van der Waals surface area contributed by atoms with Crippen molar-refractivity contribution in [2.24, 2.45) is 13.0 Å². The van der Waals surface area contributed by atoms with E-state index in [1.807, 2.05) is 0 Å². The number of aryl methyl sites for hydroxylation is 1. The van der Waals surface area contributed by atoms with Gasteiger partial charge in [0, 0.05) is 19.3 Å². The zero-order valence-electron chi connectivity index (χ0n) is 12.4. The van der Waals surface area contributed by atoms with Crippen LogP contribution in [0.4, 0.5) is 0 Å². The summed E-state index contributed by atoms with van der Waals surface area (Å²) in [6.07, 6.45) is 3.84. The van der Waals surface area contributed by atoms with Gasteiger partial charge < -0.3 is 10.1 Å². The molecular weight excluding hydrogens is 306 g/mol. The lowest BCUT2D eigenvalue weighted by atomic mass is 9.85. The number of nitrogens with one attached hydrogen (secondary N) is 1. The Morgan fingerprint density at radius 3 is 2.95 bits per heavy atom. The summed E-state index contributed by atoms with van der Waals surface area (Å²) in [5.41, 5.74) is -0.540. The second-order valence-electron chi connectivity index (χ2n) is 5.73. The van der Waals surface area contributed by atoms with Gasteiger partial charge in [-0.3, -0.25) is 9.59 Å². The predicted molar refractivity (Wildman–Crippen MR) is 77.9 cm³/mol. The lowest BCUT2D eigenvalue weighted by molar-refractivity contribution is -0.149. The van der Waals surface area contributed by atoms with Crippen LogP contribution in [-0.4, -0.2) is 50.0 Å². The van der Waals surface area contributed by atoms with Crippen LogP contribution in [0, 0.1) is 5.92 Å². The van der Waals surface area contributed by atoms with Gasteiger partial charge in [-0.2, -0.15) is 0 Å². The largest absolute Gasteiger partial charge is 0.458 e. The Balaban J connectivity index is 1.49. The van der Waals surface area contributed by atoms with E-state index in [9.17, 15) is 9.59 Å². The molecule has 2 heterocycles. The third-order valence-electron chi connectivity index (χ3n) is 4.30. The summed E-state index contributed by atoms with van der Waals surface area (Å²) in [5, 5.41) is 14.8. The van der Waals surface area contributed by atoms with Gasteiger partial charge >= 0.3 is 5.97 Å². The molecule has 1 aliphatic heterocycles. The maximum atomic E-state index is 12.4. The molecule has 1 atom stereocenters. The first-order chi connectivity index (χ1) is 10.6. The van der Waals surface area contributed by atoms with Crippen molar-refractivity contribution in [1.29, 1.82) is 0 Å². The van der Waals surface area contributed by atoms with Gasteiger partial charge in [-0.25, -0.2) is 4.68 Å². The molecule has 1 N–H and O–H groups in total. The zero-order valence-corrected chi connectivity index (χ0v) is 13.3. The maximum absolute atomic E-state index is 12.4. The molecule has 22 heavy (non-hydrogen) atoms. The zero-order chi connectivity index (χ0) is 15.6. The summed E-state index contributed by atoms with van der Waals surface area (Å²) in [6.45, 7) is 0.511. The van der Waals surface area contributed by atoms with Crippen LogP contribution in [0.15, 0.2) is 5.16 Å². The van der Waals surface area contributed by atoms with E-state index < -0.39 is 5.60 Å². The minimum absolute atomic E-state index is 0.0792. The molecule has 1 aromatic rings. The van der Waals surface area contributed by atoms with E-state index >= 15 is 0 Å². The Labute approximate surface area is 132 Å². The lowest BCUT2D eigenvalue weighted by Gasteiger charge is -2.27. The number of aromatic nitrogens is 4. The molecule has 9 heteroatoms. The molecule has 3 rings (SSSR count). The normalized spacial score (nSPS) is 23.0. The number of thioether (sulfide) groups is 1. The average Bonchev–Trinajstić information content (AvgIpc) is 3.18. The quantitative estimate of drug-likeness (QED) is 0.472. The van der Waals surface area contributed by atoms with Crippen LogP contribution in [-0.2, 0) is 21.4 Å². The van der Waals surface area contributed by atoms with Crippen molar-refractivity contribution in [3.63, 3.8) is 0 Å². The first kappa shape index (κ1) is 15.3. The standard InChI is InChI=1S/C13H19N5O3S/c1-18-12(15-16-17-18)22-7-6-14-11(20)9-8-10(19)21-13(9)4-2-3-5-13/h9H,2-8H2,1H3,(H,14,20)/t9-/m0/s1. The molecule has 0 unspecified atom stereocenters. The van der Waals surface area contributed by atoms with Crippen LogP contribution in [0.2, 0.25) is 0 Å². The average molecular weight is 325 g/mol. The molecule has 0 radical (unpaired) electrons. The first-order valence-electron chi connectivity index (χ1n) is 7.45. The highest BCUT2D eigenvalue weighted by Crippen LogP contribution is 2.45. The second-order valence-corrected chi connectivity index (χ2v) is 6.79. The predicted octanol–water partition coefficient (Wildman–Crippen LogP) is 0.294. The van der Waals surface area contributed by atoms with E-state index in [0.29, 0.717) is 17.5 Å². The van der Waals surface area contributed by atoms with E-state index in [-0.39, 0.29) is 24.2 Å². The highest BCUT2D eigenvalue weighted by Gasteiger charge is 2.53. The molecule has 120 valence electrons. The van der Waals surface area contributed by atoms with Crippen molar-refractivity contribution in [1.82, 2.24) is 25.5 Å². The third kappa shape index (κ3) is 2.94. The Kier molecular flexibility index (Phi) is 4.32. The molecular formula is C13H19N5O3S. The van der Waals surface area contributed by atoms with Gasteiger partial charge in [0.05, 0.1) is 12.3 Å². The van der Waals surface area contributed by atoms with Crippen LogP contribution in [0.25, 0.3) is 0 Å². The fraction of sp³-hybridized carbons (Fsp3) is 0.769. The molecule has 1 saturated carbocycles. The summed E-state index contributed by atoms with van der Waals surface area (Å²) < 4.78 is 7.08. The molecule has 0 bridgehead atoms.